The first kappa shape index (κ1) is 22.0. The summed E-state index contributed by atoms with van der Waals surface area (Å²) >= 11 is 0. The molecule has 0 unspecified atom stereocenters. The van der Waals surface area contributed by atoms with Gasteiger partial charge in [0.05, 0.1) is 25.6 Å². The van der Waals surface area contributed by atoms with Gasteiger partial charge < -0.3 is 22.8 Å². The summed E-state index contributed by atoms with van der Waals surface area (Å²) in [7, 11) is -5.84. The molecule has 0 aromatic rings. The van der Waals surface area contributed by atoms with Gasteiger partial charge in [0, 0.05) is 25.4 Å². The molecule has 0 saturated carbocycles. The van der Waals surface area contributed by atoms with Crippen molar-refractivity contribution in [1.29, 1.82) is 0 Å². The molecule has 0 spiro atoms. The Morgan fingerprint density at radius 1 is 1.04 bits per heavy atom. The van der Waals surface area contributed by atoms with Crippen LogP contribution < -0.4 is 0 Å². The van der Waals surface area contributed by atoms with E-state index in [0.717, 1.165) is 0 Å². The molecule has 1 rings (SSSR count). The summed E-state index contributed by atoms with van der Waals surface area (Å²) in [5.74, 6) is 0.223. The Hall–Kier alpha value is -0.0331. The van der Waals surface area contributed by atoms with Crippen molar-refractivity contribution in [3.8, 4) is 0 Å². The van der Waals surface area contributed by atoms with E-state index >= 15 is 0 Å². The van der Waals surface area contributed by atoms with Gasteiger partial charge in [0.1, 0.15) is 0 Å². The molecule has 0 amide bonds. The molecule has 0 radical (unpaired) electrons. The second-order valence-electron chi connectivity index (χ2n) is 5.69. The van der Waals surface area contributed by atoms with Crippen LogP contribution in [0.3, 0.4) is 0 Å². The highest BCUT2D eigenvalue weighted by atomic mass is 32.2. The summed E-state index contributed by atoms with van der Waals surface area (Å²) in [6.07, 6.45) is 1.25. The fourth-order valence-electron chi connectivity index (χ4n) is 2.71. The predicted molar refractivity (Wildman–Crippen MR) is 93.6 cm³/mol. The van der Waals surface area contributed by atoms with Gasteiger partial charge in [-0.15, -0.1) is 0 Å². The van der Waals surface area contributed by atoms with Gasteiger partial charge in [-0.3, -0.25) is 0 Å². The first-order valence-electron chi connectivity index (χ1n) is 8.74. The first-order chi connectivity index (χ1) is 11.4. The minimum atomic E-state index is -3.07. The zero-order valence-electron chi connectivity index (χ0n) is 15.3. The topological polar surface area (TPSA) is 80.3 Å². The lowest BCUT2D eigenvalue weighted by atomic mass is 10.4. The molecule has 0 aliphatic carbocycles. The molecule has 24 heavy (non-hydrogen) atoms. The van der Waals surface area contributed by atoms with Crippen LogP contribution in [-0.4, -0.2) is 68.1 Å². The summed E-state index contributed by atoms with van der Waals surface area (Å²) < 4.78 is 51.9. The van der Waals surface area contributed by atoms with Crippen LogP contribution in [0, 0.1) is 0 Å². The molecule has 9 heteroatoms. The quantitative estimate of drug-likeness (QED) is 0.355. The van der Waals surface area contributed by atoms with Crippen molar-refractivity contribution in [2.24, 2.45) is 0 Å². The molecule has 1 heterocycles. The third kappa shape index (κ3) is 6.36. The second kappa shape index (κ2) is 10.8. The number of hydrogen-bond donors (Lipinski definition) is 0. The van der Waals surface area contributed by atoms with Crippen LogP contribution in [-0.2, 0) is 32.6 Å². The Labute approximate surface area is 147 Å². The number of rotatable bonds is 13. The highest BCUT2D eigenvalue weighted by Crippen LogP contribution is 2.26. The summed E-state index contributed by atoms with van der Waals surface area (Å²) in [6, 6.07) is 0. The molecule has 0 aromatic heterocycles. The summed E-state index contributed by atoms with van der Waals surface area (Å²) in [5.41, 5.74) is -0.671. The maximum Gasteiger partial charge on any atom is 0.506 e. The first-order valence-corrected chi connectivity index (χ1v) is 12.3. The van der Waals surface area contributed by atoms with Gasteiger partial charge in [0.2, 0.25) is 0 Å². The standard InChI is InChI=1S/C15H32O7SSi/c1-5-20-24(21-6-2,22-7-3)14(4)13-18-10-11-19-15-9-8-12-23(15,16)17/h14-15H,5-13H2,1-4H3/t14-,15+/m1/s1. The Balaban J connectivity index is 2.38. The van der Waals surface area contributed by atoms with Crippen molar-refractivity contribution in [3.05, 3.63) is 0 Å². The highest BCUT2D eigenvalue weighted by Gasteiger charge is 2.46. The van der Waals surface area contributed by atoms with E-state index in [9.17, 15) is 8.42 Å². The lowest BCUT2D eigenvalue weighted by Gasteiger charge is -2.33. The largest absolute Gasteiger partial charge is 0.506 e. The van der Waals surface area contributed by atoms with Crippen LogP contribution in [0.5, 0.6) is 0 Å². The van der Waals surface area contributed by atoms with E-state index in [1.165, 1.54) is 0 Å². The van der Waals surface area contributed by atoms with E-state index in [0.29, 0.717) is 45.9 Å². The van der Waals surface area contributed by atoms with E-state index in [2.05, 4.69) is 0 Å². The van der Waals surface area contributed by atoms with E-state index in [4.69, 9.17) is 22.8 Å². The van der Waals surface area contributed by atoms with Gasteiger partial charge in [-0.1, -0.05) is 6.92 Å². The van der Waals surface area contributed by atoms with Crippen molar-refractivity contribution in [1.82, 2.24) is 0 Å². The van der Waals surface area contributed by atoms with Gasteiger partial charge in [0.15, 0.2) is 15.3 Å². The van der Waals surface area contributed by atoms with Crippen LogP contribution in [0.1, 0.15) is 40.5 Å². The molecule has 0 bridgehead atoms. The molecule has 0 N–H and O–H groups in total. The van der Waals surface area contributed by atoms with Crippen LogP contribution >= 0.6 is 0 Å². The zero-order chi connectivity index (χ0) is 18.1. The third-order valence-corrected chi connectivity index (χ3v) is 9.29. The Kier molecular flexibility index (Phi) is 9.95. The SMILES string of the molecule is CCO[Si](OCC)(OCC)[C@H](C)COCCO[C@@H]1CCCS1(=O)=O. The van der Waals surface area contributed by atoms with Gasteiger partial charge in [-0.25, -0.2) is 8.42 Å². The summed E-state index contributed by atoms with van der Waals surface area (Å²) in [6.45, 7) is 10.4. The van der Waals surface area contributed by atoms with Crippen molar-refractivity contribution < 1.29 is 31.2 Å². The molecule has 1 aliphatic rings. The van der Waals surface area contributed by atoms with E-state index in [-0.39, 0.29) is 17.9 Å². The smallest absolute Gasteiger partial charge is 0.379 e. The fourth-order valence-corrected chi connectivity index (χ4v) is 7.00. The molecule has 1 aliphatic heterocycles. The minimum Gasteiger partial charge on any atom is -0.379 e. The van der Waals surface area contributed by atoms with Crippen molar-refractivity contribution in [2.45, 2.75) is 51.5 Å². The lowest BCUT2D eigenvalue weighted by molar-refractivity contribution is 0.0167. The van der Waals surface area contributed by atoms with E-state index < -0.39 is 24.1 Å². The summed E-state index contributed by atoms with van der Waals surface area (Å²) in [4.78, 5) is 0. The van der Waals surface area contributed by atoms with Gasteiger partial charge in [0.25, 0.3) is 0 Å². The van der Waals surface area contributed by atoms with E-state index in [1.54, 1.807) is 0 Å². The van der Waals surface area contributed by atoms with Crippen LogP contribution in [0.2, 0.25) is 5.54 Å². The maximum atomic E-state index is 11.7. The molecule has 2 atom stereocenters. The van der Waals surface area contributed by atoms with E-state index in [1.807, 2.05) is 27.7 Å². The average molecular weight is 385 g/mol. The van der Waals surface area contributed by atoms with Gasteiger partial charge >= 0.3 is 8.80 Å². The predicted octanol–water partition coefficient (Wildman–Crippen LogP) is 1.99. The second-order valence-corrected chi connectivity index (χ2v) is 11.0. The van der Waals surface area contributed by atoms with Gasteiger partial charge in [-0.2, -0.15) is 0 Å². The van der Waals surface area contributed by atoms with Crippen molar-refractivity contribution in [2.75, 3.05) is 45.4 Å². The monoisotopic (exact) mass is 384 g/mol. The molecule has 1 fully saturated rings. The molecule has 0 aromatic carbocycles. The number of hydrogen-bond acceptors (Lipinski definition) is 7. The van der Waals surface area contributed by atoms with Gasteiger partial charge in [-0.05, 0) is 33.6 Å². The molecular weight excluding hydrogens is 352 g/mol. The highest BCUT2D eigenvalue weighted by molar-refractivity contribution is 7.92. The van der Waals surface area contributed by atoms with Crippen LogP contribution in [0.15, 0.2) is 0 Å². The lowest BCUT2D eigenvalue weighted by Crippen LogP contribution is -2.51. The maximum absolute atomic E-state index is 11.7. The molecule has 7 nitrogen and oxygen atoms in total. The molecule has 144 valence electrons. The average Bonchev–Trinajstić information content (AvgIpc) is 2.86. The van der Waals surface area contributed by atoms with Crippen molar-refractivity contribution >= 4 is 18.6 Å². The number of sulfone groups is 1. The van der Waals surface area contributed by atoms with Crippen molar-refractivity contribution in [3.63, 3.8) is 0 Å². The Morgan fingerprint density at radius 2 is 1.62 bits per heavy atom. The Morgan fingerprint density at radius 3 is 2.08 bits per heavy atom. The van der Waals surface area contributed by atoms with Crippen LogP contribution in [0.25, 0.3) is 0 Å². The normalized spacial score (nSPS) is 21.9. The molecule has 1 saturated heterocycles. The zero-order valence-corrected chi connectivity index (χ0v) is 17.1. The molecular formula is C15H32O7SSi. The fraction of sp³-hybridized carbons (Fsp3) is 1.00. The summed E-state index contributed by atoms with van der Waals surface area (Å²) in [5, 5.41) is 0. The third-order valence-electron chi connectivity index (χ3n) is 3.81. The van der Waals surface area contributed by atoms with Crippen LogP contribution in [0.4, 0.5) is 0 Å². The number of ether oxygens (including phenoxy) is 2. The minimum absolute atomic E-state index is 0.00689. The Bertz CT molecular complexity index is 426.